The Bertz CT molecular complexity index is 1440. The summed E-state index contributed by atoms with van der Waals surface area (Å²) in [7, 11) is 1.92. The van der Waals surface area contributed by atoms with Gasteiger partial charge in [-0.05, 0) is 54.4 Å². The first kappa shape index (κ1) is 28.8. The number of halogens is 2. The molecule has 2 fully saturated rings. The van der Waals surface area contributed by atoms with Gasteiger partial charge in [0.15, 0.2) is 5.82 Å². The number of hydrogen-bond acceptors (Lipinski definition) is 8. The molecule has 1 atom stereocenters. The maximum Gasteiger partial charge on any atom is 0.163 e. The summed E-state index contributed by atoms with van der Waals surface area (Å²) < 4.78 is 8.52. The van der Waals surface area contributed by atoms with Gasteiger partial charge in [0.2, 0.25) is 0 Å². The predicted octanol–water partition coefficient (Wildman–Crippen LogP) is 5.15. The first-order chi connectivity index (χ1) is 19.1. The van der Waals surface area contributed by atoms with Crippen LogP contribution in [-0.4, -0.2) is 75.2 Å². The van der Waals surface area contributed by atoms with Crippen molar-refractivity contribution in [1.82, 2.24) is 24.6 Å². The number of anilines is 1. The van der Waals surface area contributed by atoms with E-state index in [9.17, 15) is 5.11 Å². The van der Waals surface area contributed by atoms with Gasteiger partial charge in [-0.1, -0.05) is 24.9 Å². The molecular formula is C29H35BrClN7O2. The second kappa shape index (κ2) is 11.6. The number of aryl methyl sites for hydroxylation is 1. The summed E-state index contributed by atoms with van der Waals surface area (Å²) in [6, 6.07) is 7.68. The molecule has 1 spiro atoms. The summed E-state index contributed by atoms with van der Waals surface area (Å²) in [6.45, 7) is 11.0. The normalized spacial score (nSPS) is 16.9. The smallest absolute Gasteiger partial charge is 0.163 e. The number of benzene rings is 1. The van der Waals surface area contributed by atoms with Crippen LogP contribution >= 0.6 is 27.5 Å². The minimum atomic E-state index is -0.523. The Morgan fingerprint density at radius 1 is 1.20 bits per heavy atom. The molecule has 2 aromatic heterocycles. The highest BCUT2D eigenvalue weighted by molar-refractivity contribution is 9.10. The highest BCUT2D eigenvalue weighted by Gasteiger charge is 2.52. The fourth-order valence-corrected chi connectivity index (χ4v) is 6.48. The Morgan fingerprint density at radius 2 is 1.95 bits per heavy atom. The number of rotatable bonds is 10. The number of nitrogens with zero attached hydrogens (tertiary/aromatic N) is 7. The number of hydrogen-bond donors (Lipinski definition) is 1. The summed E-state index contributed by atoms with van der Waals surface area (Å²) in [4.78, 5) is 14.8. The molecule has 9 nitrogen and oxygen atoms in total. The summed E-state index contributed by atoms with van der Waals surface area (Å²) in [5, 5.41) is 24.2. The maximum absolute atomic E-state index is 10.1. The van der Waals surface area contributed by atoms with E-state index < -0.39 is 6.10 Å². The van der Waals surface area contributed by atoms with E-state index in [1.807, 2.05) is 31.6 Å². The SMILES string of the molecule is CCC[C@@H](O)COc1ccc(Cl)c(-c2nc(-c3c(C)c(Br)nn3C)c(C)c(N3CC4(CN(CCC#N)C4)C3)n2)c1. The Morgan fingerprint density at radius 3 is 2.60 bits per heavy atom. The van der Waals surface area contributed by atoms with Crippen molar-refractivity contribution < 1.29 is 9.84 Å². The highest BCUT2D eigenvalue weighted by atomic mass is 79.9. The predicted molar refractivity (Wildman–Crippen MR) is 160 cm³/mol. The molecule has 0 amide bonds. The van der Waals surface area contributed by atoms with Crippen LogP contribution in [0.4, 0.5) is 5.82 Å². The van der Waals surface area contributed by atoms with Crippen LogP contribution in [0.25, 0.3) is 22.8 Å². The van der Waals surface area contributed by atoms with Crippen molar-refractivity contribution in [3.05, 3.63) is 39.0 Å². The lowest BCUT2D eigenvalue weighted by Gasteiger charge is -2.61. The molecule has 0 radical (unpaired) electrons. The Hall–Kier alpha value is -2.71. The fraction of sp³-hybridized carbons (Fsp3) is 0.517. The molecule has 3 aromatic rings. The largest absolute Gasteiger partial charge is 0.491 e. The molecule has 2 aliphatic rings. The average molecular weight is 629 g/mol. The van der Waals surface area contributed by atoms with Gasteiger partial charge in [-0.2, -0.15) is 10.4 Å². The molecule has 0 aliphatic carbocycles. The van der Waals surface area contributed by atoms with Gasteiger partial charge in [-0.3, -0.25) is 4.68 Å². The van der Waals surface area contributed by atoms with E-state index in [1.165, 1.54) is 0 Å². The number of likely N-dealkylation sites (tertiary alicyclic amines) is 1. The third kappa shape index (κ3) is 5.57. The second-order valence-corrected chi connectivity index (χ2v) is 12.3. The molecule has 0 saturated carbocycles. The van der Waals surface area contributed by atoms with Crippen LogP contribution in [0.3, 0.4) is 0 Å². The van der Waals surface area contributed by atoms with E-state index in [1.54, 1.807) is 12.1 Å². The lowest BCUT2D eigenvalue weighted by atomic mass is 9.72. The van der Waals surface area contributed by atoms with E-state index in [0.29, 0.717) is 35.0 Å². The number of nitriles is 1. The Labute approximate surface area is 248 Å². The summed E-state index contributed by atoms with van der Waals surface area (Å²) in [5.74, 6) is 2.01. The maximum atomic E-state index is 10.1. The molecule has 40 heavy (non-hydrogen) atoms. The van der Waals surface area contributed by atoms with Gasteiger partial charge in [-0.15, -0.1) is 0 Å². The monoisotopic (exact) mass is 627 g/mol. The van der Waals surface area contributed by atoms with E-state index >= 15 is 0 Å². The number of aliphatic hydroxyl groups is 1. The quantitative estimate of drug-likeness (QED) is 0.329. The molecule has 0 unspecified atom stereocenters. The van der Waals surface area contributed by atoms with Gasteiger partial charge >= 0.3 is 0 Å². The molecule has 212 valence electrons. The zero-order valence-electron chi connectivity index (χ0n) is 23.4. The summed E-state index contributed by atoms with van der Waals surface area (Å²) in [6.07, 6.45) is 1.61. The van der Waals surface area contributed by atoms with Crippen molar-refractivity contribution in [2.75, 3.05) is 44.2 Å². The molecule has 1 aromatic carbocycles. The van der Waals surface area contributed by atoms with Crippen LogP contribution in [0.15, 0.2) is 22.8 Å². The minimum Gasteiger partial charge on any atom is -0.491 e. The van der Waals surface area contributed by atoms with E-state index in [2.05, 4.69) is 43.8 Å². The molecule has 2 saturated heterocycles. The van der Waals surface area contributed by atoms with E-state index in [0.717, 1.165) is 72.1 Å². The van der Waals surface area contributed by atoms with E-state index in [4.69, 9.17) is 31.6 Å². The fourth-order valence-electron chi connectivity index (χ4n) is 5.85. The van der Waals surface area contributed by atoms with Crippen molar-refractivity contribution in [3.8, 4) is 34.6 Å². The van der Waals surface area contributed by atoms with Crippen LogP contribution in [-0.2, 0) is 7.05 Å². The zero-order valence-corrected chi connectivity index (χ0v) is 25.8. The minimum absolute atomic E-state index is 0.212. The van der Waals surface area contributed by atoms with Crippen molar-refractivity contribution in [2.45, 2.75) is 46.1 Å². The zero-order chi connectivity index (χ0) is 28.6. The van der Waals surface area contributed by atoms with Gasteiger partial charge < -0.3 is 19.6 Å². The van der Waals surface area contributed by atoms with Crippen LogP contribution in [0.1, 0.15) is 37.3 Å². The van der Waals surface area contributed by atoms with Gasteiger partial charge in [0, 0.05) is 68.3 Å². The lowest BCUT2D eigenvalue weighted by Crippen LogP contribution is -2.72. The Kier molecular flexibility index (Phi) is 8.39. The average Bonchev–Trinajstić information content (AvgIpc) is 3.13. The first-order valence-corrected chi connectivity index (χ1v) is 14.8. The third-order valence-electron chi connectivity index (χ3n) is 7.82. The van der Waals surface area contributed by atoms with Crippen LogP contribution in [0, 0.1) is 30.6 Å². The van der Waals surface area contributed by atoms with Crippen molar-refractivity contribution in [2.24, 2.45) is 12.5 Å². The molecule has 0 bridgehead atoms. The van der Waals surface area contributed by atoms with Crippen molar-refractivity contribution >= 4 is 33.3 Å². The number of aromatic nitrogens is 4. The van der Waals surface area contributed by atoms with Gasteiger partial charge in [0.25, 0.3) is 0 Å². The molecular weight excluding hydrogens is 594 g/mol. The summed E-state index contributed by atoms with van der Waals surface area (Å²) in [5.41, 5.74) is 4.65. The van der Waals surface area contributed by atoms with Gasteiger partial charge in [-0.25, -0.2) is 9.97 Å². The van der Waals surface area contributed by atoms with E-state index in [-0.39, 0.29) is 12.0 Å². The molecule has 4 heterocycles. The second-order valence-electron chi connectivity index (χ2n) is 11.1. The Balaban J connectivity index is 1.50. The molecule has 5 rings (SSSR count). The molecule has 2 aliphatic heterocycles. The van der Waals surface area contributed by atoms with Crippen LogP contribution < -0.4 is 9.64 Å². The molecule has 11 heteroatoms. The van der Waals surface area contributed by atoms with Crippen molar-refractivity contribution in [1.29, 1.82) is 5.26 Å². The summed E-state index contributed by atoms with van der Waals surface area (Å²) >= 11 is 10.3. The van der Waals surface area contributed by atoms with Gasteiger partial charge in [0.1, 0.15) is 22.8 Å². The topological polar surface area (TPSA) is 103 Å². The third-order valence-corrected chi connectivity index (χ3v) is 8.91. The first-order valence-electron chi connectivity index (χ1n) is 13.7. The standard InChI is InChI=1S/C29H35BrClN7O2/c1-5-7-20(39)13-40-21-8-9-23(31)22(12-21)27-33-24(25-19(3)26(30)35-36(25)4)18(2)28(34-27)38-16-29(17-38)14-37(15-29)11-6-10-32/h8-9,12,20,39H,5-7,11,13-17H2,1-4H3/t20-/m1/s1. The highest BCUT2D eigenvalue weighted by Crippen LogP contribution is 2.44. The number of ether oxygens (including phenoxy) is 1. The van der Waals surface area contributed by atoms with Crippen LogP contribution in [0.5, 0.6) is 5.75 Å². The lowest BCUT2D eigenvalue weighted by molar-refractivity contribution is -0.0203. The molecule has 1 N–H and O–H groups in total. The van der Waals surface area contributed by atoms with Gasteiger partial charge in [0.05, 0.1) is 28.6 Å². The van der Waals surface area contributed by atoms with Crippen LogP contribution in [0.2, 0.25) is 5.02 Å². The van der Waals surface area contributed by atoms with Crippen molar-refractivity contribution in [3.63, 3.8) is 0 Å². The number of aliphatic hydroxyl groups excluding tert-OH is 1.